The third-order valence-corrected chi connectivity index (χ3v) is 6.86. The maximum absolute atomic E-state index is 13.6. The fraction of sp³-hybridized carbons (Fsp3) is 0.148. The standard InChI is InChI=1S/C27H21ClFN5/c28-22-15-19(9-12-23(22)29)25-32-26-31-24(18-7-10-20(11-8-18)27(30)13-4-14-27)21(16-34(26)33-25)17-5-2-1-3-6-17/h1-3,5-12,15-16H,4,13-14,30H2. The third kappa shape index (κ3) is 3.56. The number of hydrogen-bond donors (Lipinski definition) is 1. The zero-order valence-corrected chi connectivity index (χ0v) is 19.0. The maximum Gasteiger partial charge on any atom is 0.253 e. The van der Waals surface area contributed by atoms with Crippen molar-refractivity contribution in [1.29, 1.82) is 0 Å². The maximum atomic E-state index is 13.6. The Labute approximate surface area is 201 Å². The highest BCUT2D eigenvalue weighted by Gasteiger charge is 2.34. The Morgan fingerprint density at radius 2 is 1.62 bits per heavy atom. The molecule has 2 aromatic heterocycles. The van der Waals surface area contributed by atoms with Crippen molar-refractivity contribution in [2.45, 2.75) is 24.8 Å². The number of aromatic nitrogens is 4. The van der Waals surface area contributed by atoms with E-state index in [9.17, 15) is 4.39 Å². The van der Waals surface area contributed by atoms with Crippen LogP contribution in [0.15, 0.2) is 79.0 Å². The number of halogens is 2. The Balaban J connectivity index is 1.49. The van der Waals surface area contributed by atoms with Gasteiger partial charge in [-0.3, -0.25) is 0 Å². The Morgan fingerprint density at radius 3 is 2.29 bits per heavy atom. The van der Waals surface area contributed by atoms with Crippen molar-refractivity contribution in [1.82, 2.24) is 19.6 Å². The van der Waals surface area contributed by atoms with E-state index in [1.165, 1.54) is 18.6 Å². The number of hydrogen-bond acceptors (Lipinski definition) is 4. The summed E-state index contributed by atoms with van der Waals surface area (Å²) in [6.07, 6.45) is 5.13. The first-order valence-electron chi connectivity index (χ1n) is 11.2. The van der Waals surface area contributed by atoms with Gasteiger partial charge in [-0.15, -0.1) is 5.10 Å². The lowest BCUT2D eigenvalue weighted by molar-refractivity contribution is 0.253. The van der Waals surface area contributed by atoms with E-state index in [0.29, 0.717) is 17.2 Å². The van der Waals surface area contributed by atoms with Gasteiger partial charge in [0.2, 0.25) is 0 Å². The van der Waals surface area contributed by atoms with Crippen molar-refractivity contribution in [3.8, 4) is 33.8 Å². The summed E-state index contributed by atoms with van der Waals surface area (Å²) in [5.74, 6) is 0.394. The lowest BCUT2D eigenvalue weighted by atomic mass is 9.72. The Morgan fingerprint density at radius 1 is 0.882 bits per heavy atom. The summed E-state index contributed by atoms with van der Waals surface area (Å²) < 4.78 is 15.3. The van der Waals surface area contributed by atoms with Crippen LogP contribution in [0.4, 0.5) is 4.39 Å². The topological polar surface area (TPSA) is 69.1 Å². The lowest BCUT2D eigenvalue weighted by Crippen LogP contribution is -2.43. The summed E-state index contributed by atoms with van der Waals surface area (Å²) in [4.78, 5) is 9.48. The second-order valence-electron chi connectivity index (χ2n) is 8.77. The van der Waals surface area contributed by atoms with E-state index < -0.39 is 5.82 Å². The predicted octanol–water partition coefficient (Wildman–Crippen LogP) is 6.26. The molecule has 2 heterocycles. The molecule has 34 heavy (non-hydrogen) atoms. The summed E-state index contributed by atoms with van der Waals surface area (Å²) in [5.41, 5.74) is 11.8. The fourth-order valence-corrected chi connectivity index (χ4v) is 4.62. The first-order chi connectivity index (χ1) is 16.5. The van der Waals surface area contributed by atoms with Crippen LogP contribution in [0.1, 0.15) is 24.8 Å². The zero-order valence-electron chi connectivity index (χ0n) is 18.2. The SMILES string of the molecule is NC1(c2ccc(-c3nc4nc(-c5ccc(F)c(Cl)c5)nn4cc3-c3ccccc3)cc2)CCC1. The molecule has 0 amide bonds. The van der Waals surface area contributed by atoms with Gasteiger partial charge < -0.3 is 5.73 Å². The zero-order chi connectivity index (χ0) is 23.3. The highest BCUT2D eigenvalue weighted by Crippen LogP contribution is 2.40. The van der Waals surface area contributed by atoms with Crippen LogP contribution in [0, 0.1) is 5.82 Å². The van der Waals surface area contributed by atoms with Crippen molar-refractivity contribution >= 4 is 17.4 Å². The van der Waals surface area contributed by atoms with Crippen LogP contribution in [-0.2, 0) is 5.54 Å². The van der Waals surface area contributed by atoms with Crippen molar-refractivity contribution in [2.24, 2.45) is 5.73 Å². The van der Waals surface area contributed by atoms with E-state index in [1.54, 1.807) is 10.6 Å². The van der Waals surface area contributed by atoms with Crippen LogP contribution in [0.25, 0.3) is 39.5 Å². The molecule has 2 N–H and O–H groups in total. The van der Waals surface area contributed by atoms with E-state index in [0.717, 1.165) is 40.8 Å². The Bertz CT molecular complexity index is 1510. The lowest BCUT2D eigenvalue weighted by Gasteiger charge is -2.38. The summed E-state index contributed by atoms with van der Waals surface area (Å²) >= 11 is 5.97. The molecule has 6 rings (SSSR count). The summed E-state index contributed by atoms with van der Waals surface area (Å²) in [6, 6.07) is 22.8. The number of nitrogens with zero attached hydrogens (tertiary/aromatic N) is 4. The average molecular weight is 470 g/mol. The molecule has 3 aromatic carbocycles. The van der Waals surface area contributed by atoms with Gasteiger partial charge in [0, 0.05) is 28.4 Å². The number of fused-ring (bicyclic) bond motifs is 1. The molecular weight excluding hydrogens is 449 g/mol. The van der Waals surface area contributed by atoms with Gasteiger partial charge >= 0.3 is 0 Å². The van der Waals surface area contributed by atoms with Gasteiger partial charge in [0.15, 0.2) is 5.82 Å². The van der Waals surface area contributed by atoms with Gasteiger partial charge in [-0.1, -0.05) is 66.2 Å². The molecule has 5 nitrogen and oxygen atoms in total. The Hall–Kier alpha value is -3.61. The number of benzene rings is 3. The van der Waals surface area contributed by atoms with Crippen LogP contribution in [0.3, 0.4) is 0 Å². The molecule has 1 saturated carbocycles. The number of rotatable bonds is 4. The highest BCUT2D eigenvalue weighted by atomic mass is 35.5. The molecule has 1 aliphatic rings. The van der Waals surface area contributed by atoms with E-state index >= 15 is 0 Å². The second kappa shape index (κ2) is 8.01. The smallest absolute Gasteiger partial charge is 0.253 e. The summed E-state index contributed by atoms with van der Waals surface area (Å²) in [7, 11) is 0. The van der Waals surface area contributed by atoms with Gasteiger partial charge in [-0.25, -0.2) is 13.9 Å². The number of nitrogens with two attached hydrogens (primary N) is 1. The molecule has 0 saturated heterocycles. The third-order valence-electron chi connectivity index (χ3n) is 6.57. The molecule has 1 fully saturated rings. The average Bonchev–Trinajstić information content (AvgIpc) is 3.27. The molecule has 7 heteroatoms. The first kappa shape index (κ1) is 21.0. The van der Waals surface area contributed by atoms with Crippen molar-refractivity contribution in [3.05, 3.63) is 95.4 Å². The second-order valence-corrected chi connectivity index (χ2v) is 9.17. The van der Waals surface area contributed by atoms with Crippen molar-refractivity contribution in [2.75, 3.05) is 0 Å². The molecule has 1 aliphatic carbocycles. The quantitative estimate of drug-likeness (QED) is 0.337. The minimum atomic E-state index is -0.481. The molecule has 0 atom stereocenters. The molecule has 0 aliphatic heterocycles. The van der Waals surface area contributed by atoms with Gasteiger partial charge in [-0.2, -0.15) is 4.98 Å². The van der Waals surface area contributed by atoms with Gasteiger partial charge in [0.1, 0.15) is 5.82 Å². The highest BCUT2D eigenvalue weighted by molar-refractivity contribution is 6.31. The Kier molecular flexibility index (Phi) is 4.94. The molecule has 0 radical (unpaired) electrons. The molecule has 0 spiro atoms. The fourth-order valence-electron chi connectivity index (χ4n) is 4.43. The normalized spacial score (nSPS) is 14.8. The minimum absolute atomic E-state index is 0.0270. The largest absolute Gasteiger partial charge is 0.321 e. The van der Waals surface area contributed by atoms with Gasteiger partial charge in [0.25, 0.3) is 5.78 Å². The minimum Gasteiger partial charge on any atom is -0.321 e. The first-order valence-corrected chi connectivity index (χ1v) is 11.6. The molecule has 168 valence electrons. The van der Waals surface area contributed by atoms with E-state index in [2.05, 4.69) is 34.3 Å². The summed E-state index contributed by atoms with van der Waals surface area (Å²) in [6.45, 7) is 0. The van der Waals surface area contributed by atoms with Crippen LogP contribution in [-0.4, -0.2) is 19.6 Å². The summed E-state index contributed by atoms with van der Waals surface area (Å²) in [5, 5.41) is 4.61. The van der Waals surface area contributed by atoms with E-state index in [4.69, 9.17) is 22.3 Å². The van der Waals surface area contributed by atoms with Crippen molar-refractivity contribution < 1.29 is 4.39 Å². The van der Waals surface area contributed by atoms with Crippen LogP contribution in [0.5, 0.6) is 0 Å². The van der Waals surface area contributed by atoms with Gasteiger partial charge in [-0.05, 0) is 48.6 Å². The predicted molar refractivity (Wildman–Crippen MR) is 132 cm³/mol. The van der Waals surface area contributed by atoms with Crippen LogP contribution >= 0.6 is 11.6 Å². The molecule has 5 aromatic rings. The molecule has 0 unspecified atom stereocenters. The molecule has 0 bridgehead atoms. The molecular formula is C27H21ClFN5. The van der Waals surface area contributed by atoms with E-state index in [-0.39, 0.29) is 10.6 Å². The van der Waals surface area contributed by atoms with Crippen LogP contribution in [0.2, 0.25) is 5.02 Å². The van der Waals surface area contributed by atoms with Gasteiger partial charge in [0.05, 0.1) is 10.7 Å². The van der Waals surface area contributed by atoms with Crippen molar-refractivity contribution in [3.63, 3.8) is 0 Å². The van der Waals surface area contributed by atoms with E-state index in [1.807, 2.05) is 36.5 Å². The monoisotopic (exact) mass is 469 g/mol. The van der Waals surface area contributed by atoms with Crippen LogP contribution < -0.4 is 5.73 Å².